The van der Waals surface area contributed by atoms with E-state index in [2.05, 4.69) is 30.6 Å². The Labute approximate surface area is 102 Å². The molecule has 0 aliphatic carbocycles. The number of rotatable bonds is 4. The molecule has 8 heteroatoms. The highest BCUT2D eigenvalue weighted by atomic mass is 79.9. The number of nitrogens with one attached hydrogen (secondary N) is 1. The molecule has 1 aliphatic heterocycles. The molecule has 0 amide bonds. The molecule has 0 spiro atoms. The maximum Gasteiger partial charge on any atom is 0.279 e. The van der Waals surface area contributed by atoms with Crippen molar-refractivity contribution < 1.29 is 8.42 Å². The molecule has 0 bridgehead atoms. The highest BCUT2D eigenvalue weighted by Crippen LogP contribution is 2.10. The first-order chi connectivity index (χ1) is 7.58. The van der Waals surface area contributed by atoms with Crippen LogP contribution >= 0.6 is 15.9 Å². The van der Waals surface area contributed by atoms with Crippen molar-refractivity contribution in [3.63, 3.8) is 0 Å². The van der Waals surface area contributed by atoms with Crippen LogP contribution in [0.2, 0.25) is 0 Å². The highest BCUT2D eigenvalue weighted by molar-refractivity contribution is 9.10. The van der Waals surface area contributed by atoms with Crippen LogP contribution in [0.25, 0.3) is 0 Å². The van der Waals surface area contributed by atoms with Gasteiger partial charge in [-0.05, 0) is 22.4 Å². The first kappa shape index (κ1) is 11.9. The van der Waals surface area contributed by atoms with Gasteiger partial charge in [-0.2, -0.15) is 17.4 Å². The third kappa shape index (κ3) is 2.76. The molecule has 2 heterocycles. The van der Waals surface area contributed by atoms with Crippen LogP contribution in [0.3, 0.4) is 0 Å². The first-order valence-electron chi connectivity index (χ1n) is 4.79. The minimum Gasteiger partial charge on any atom is -0.239 e. The van der Waals surface area contributed by atoms with Gasteiger partial charge in [0.2, 0.25) is 0 Å². The quantitative estimate of drug-likeness (QED) is 0.867. The third-order valence-electron chi connectivity index (χ3n) is 2.24. The molecule has 0 aromatic carbocycles. The summed E-state index contributed by atoms with van der Waals surface area (Å²) in [4.78, 5) is 7.96. The molecule has 6 nitrogen and oxygen atoms in total. The molecule has 0 atom stereocenters. The summed E-state index contributed by atoms with van der Waals surface area (Å²) in [6.07, 6.45) is 4.09. The van der Waals surface area contributed by atoms with E-state index in [1.165, 1.54) is 4.31 Å². The Morgan fingerprint density at radius 1 is 1.38 bits per heavy atom. The minimum atomic E-state index is -3.34. The Balaban J connectivity index is 1.94. The summed E-state index contributed by atoms with van der Waals surface area (Å²) in [7, 11) is -3.34. The first-order valence-corrected chi connectivity index (χ1v) is 7.02. The van der Waals surface area contributed by atoms with Crippen LogP contribution in [-0.4, -0.2) is 35.8 Å². The van der Waals surface area contributed by atoms with Crippen molar-refractivity contribution in [1.29, 1.82) is 0 Å². The number of hydrogen-bond donors (Lipinski definition) is 1. The molecular formula is C8H11BrN4O2S. The van der Waals surface area contributed by atoms with Gasteiger partial charge in [0.05, 0.1) is 11.0 Å². The monoisotopic (exact) mass is 306 g/mol. The van der Waals surface area contributed by atoms with E-state index in [0.29, 0.717) is 18.9 Å². The van der Waals surface area contributed by atoms with Crippen LogP contribution in [0.5, 0.6) is 0 Å². The number of halogens is 1. The van der Waals surface area contributed by atoms with E-state index in [-0.39, 0.29) is 6.54 Å². The molecule has 2 rings (SSSR count). The Bertz CT molecular complexity index is 457. The molecule has 1 saturated heterocycles. The highest BCUT2D eigenvalue weighted by Gasteiger charge is 2.27. The van der Waals surface area contributed by atoms with Gasteiger partial charge < -0.3 is 0 Å². The van der Waals surface area contributed by atoms with Gasteiger partial charge >= 0.3 is 0 Å². The van der Waals surface area contributed by atoms with Crippen molar-refractivity contribution in [2.24, 2.45) is 0 Å². The molecule has 1 N–H and O–H groups in total. The van der Waals surface area contributed by atoms with Crippen LogP contribution in [0.4, 0.5) is 0 Å². The second-order valence-corrected chi connectivity index (χ2v) is 6.07. The van der Waals surface area contributed by atoms with Crippen LogP contribution < -0.4 is 4.72 Å². The predicted molar refractivity (Wildman–Crippen MR) is 61.7 cm³/mol. The van der Waals surface area contributed by atoms with Gasteiger partial charge in [0.25, 0.3) is 10.2 Å². The Morgan fingerprint density at radius 2 is 2.00 bits per heavy atom. The zero-order chi connectivity index (χ0) is 11.6. The molecule has 0 unspecified atom stereocenters. The zero-order valence-corrected chi connectivity index (χ0v) is 10.8. The second kappa shape index (κ2) is 4.74. The van der Waals surface area contributed by atoms with E-state index in [0.717, 1.165) is 10.9 Å². The largest absolute Gasteiger partial charge is 0.279 e. The number of hydrogen-bond acceptors (Lipinski definition) is 4. The normalized spacial score (nSPS) is 17.1. The van der Waals surface area contributed by atoms with Gasteiger partial charge in [0, 0.05) is 25.5 Å². The Kier molecular flexibility index (Phi) is 3.53. The van der Waals surface area contributed by atoms with Crippen molar-refractivity contribution in [2.45, 2.75) is 13.0 Å². The molecule has 16 heavy (non-hydrogen) atoms. The van der Waals surface area contributed by atoms with Gasteiger partial charge in [-0.15, -0.1) is 0 Å². The summed E-state index contributed by atoms with van der Waals surface area (Å²) in [6, 6.07) is 0. The van der Waals surface area contributed by atoms with Crippen molar-refractivity contribution >= 4 is 26.1 Å². The van der Waals surface area contributed by atoms with Crippen LogP contribution in [0, 0.1) is 0 Å². The van der Waals surface area contributed by atoms with Crippen LogP contribution in [0.15, 0.2) is 16.9 Å². The smallest absolute Gasteiger partial charge is 0.239 e. The van der Waals surface area contributed by atoms with E-state index >= 15 is 0 Å². The fourth-order valence-electron chi connectivity index (χ4n) is 1.20. The van der Waals surface area contributed by atoms with Crippen molar-refractivity contribution in [2.75, 3.05) is 13.1 Å². The lowest BCUT2D eigenvalue weighted by atomic mass is 10.3. The molecule has 1 aromatic rings. The Hall–Kier alpha value is -0.570. The van der Waals surface area contributed by atoms with E-state index in [1.54, 1.807) is 12.4 Å². The lowest BCUT2D eigenvalue weighted by Crippen LogP contribution is -2.48. The van der Waals surface area contributed by atoms with E-state index < -0.39 is 10.2 Å². The van der Waals surface area contributed by atoms with Crippen LogP contribution in [0.1, 0.15) is 12.2 Å². The summed E-state index contributed by atoms with van der Waals surface area (Å²) in [5.74, 6) is 0.451. The minimum absolute atomic E-state index is 0.117. The third-order valence-corrected chi connectivity index (χ3v) is 4.21. The average molecular weight is 307 g/mol. The number of aromatic nitrogens is 2. The lowest BCUT2D eigenvalue weighted by Gasteiger charge is -2.29. The summed E-state index contributed by atoms with van der Waals surface area (Å²) in [6.45, 7) is 1.30. The zero-order valence-electron chi connectivity index (χ0n) is 8.43. The van der Waals surface area contributed by atoms with Crippen molar-refractivity contribution in [3.8, 4) is 0 Å². The maximum absolute atomic E-state index is 11.6. The van der Waals surface area contributed by atoms with E-state index in [4.69, 9.17) is 0 Å². The summed E-state index contributed by atoms with van der Waals surface area (Å²) in [5, 5.41) is 0. The molecule has 0 saturated carbocycles. The number of nitrogens with zero attached hydrogens (tertiary/aromatic N) is 3. The van der Waals surface area contributed by atoms with Gasteiger partial charge in [0.15, 0.2) is 0 Å². The topological polar surface area (TPSA) is 75.2 Å². The molecule has 0 radical (unpaired) electrons. The fraction of sp³-hybridized carbons (Fsp3) is 0.500. The molecule has 1 aromatic heterocycles. The molecule has 88 valence electrons. The molecule has 1 fully saturated rings. The SMILES string of the molecule is O=S(=O)(NCc1ncc(Br)cn1)N1CCC1. The summed E-state index contributed by atoms with van der Waals surface area (Å²) < 4.78 is 27.8. The van der Waals surface area contributed by atoms with Gasteiger partial charge in [0.1, 0.15) is 5.82 Å². The van der Waals surface area contributed by atoms with Gasteiger partial charge in [-0.25, -0.2) is 9.97 Å². The summed E-state index contributed by atoms with van der Waals surface area (Å²) in [5.41, 5.74) is 0. The fourth-order valence-corrected chi connectivity index (χ4v) is 2.64. The Morgan fingerprint density at radius 3 is 2.50 bits per heavy atom. The van der Waals surface area contributed by atoms with E-state index in [1.807, 2.05) is 0 Å². The van der Waals surface area contributed by atoms with Crippen molar-refractivity contribution in [1.82, 2.24) is 19.0 Å². The summed E-state index contributed by atoms with van der Waals surface area (Å²) >= 11 is 3.21. The van der Waals surface area contributed by atoms with Gasteiger partial charge in [-0.1, -0.05) is 0 Å². The van der Waals surface area contributed by atoms with Crippen LogP contribution in [-0.2, 0) is 16.8 Å². The van der Waals surface area contributed by atoms with Gasteiger partial charge in [-0.3, -0.25) is 0 Å². The van der Waals surface area contributed by atoms with Crippen molar-refractivity contribution in [3.05, 3.63) is 22.7 Å². The standard InChI is InChI=1S/C8H11BrN4O2S/c9-7-4-10-8(11-5-7)6-12-16(14,15)13-2-1-3-13/h4-5,12H,1-3,6H2. The molecular weight excluding hydrogens is 296 g/mol. The predicted octanol–water partition coefficient (Wildman–Crippen LogP) is 0.279. The molecule has 1 aliphatic rings. The van der Waals surface area contributed by atoms with E-state index in [9.17, 15) is 8.42 Å². The maximum atomic E-state index is 11.6. The lowest BCUT2D eigenvalue weighted by molar-refractivity contribution is 0.304. The second-order valence-electron chi connectivity index (χ2n) is 3.40. The average Bonchev–Trinajstić information content (AvgIpc) is 2.13.